The van der Waals surface area contributed by atoms with E-state index in [0.717, 1.165) is 22.7 Å². The summed E-state index contributed by atoms with van der Waals surface area (Å²) in [6, 6.07) is 15.8. The van der Waals surface area contributed by atoms with Crippen LogP contribution in [0.2, 0.25) is 0 Å². The molecular weight excluding hydrogens is 316 g/mol. The Morgan fingerprint density at radius 3 is 2.72 bits per heavy atom. The van der Waals surface area contributed by atoms with Crippen molar-refractivity contribution < 1.29 is 14.3 Å². The quantitative estimate of drug-likeness (QED) is 0.909. The van der Waals surface area contributed by atoms with Gasteiger partial charge in [-0.25, -0.2) is 0 Å². The zero-order valence-corrected chi connectivity index (χ0v) is 14.9. The number of likely N-dealkylation sites (N-methyl/N-ethyl adjacent to an activating group) is 1. The molecule has 0 unspecified atom stereocenters. The van der Waals surface area contributed by atoms with Gasteiger partial charge < -0.3 is 19.7 Å². The minimum absolute atomic E-state index is 0.108. The highest BCUT2D eigenvalue weighted by Crippen LogP contribution is 2.35. The normalized spacial score (nSPS) is 16.2. The first kappa shape index (κ1) is 17.1. The van der Waals surface area contributed by atoms with E-state index in [2.05, 4.69) is 16.3 Å². The molecule has 2 aromatic carbocycles. The lowest BCUT2D eigenvalue weighted by molar-refractivity contribution is -0.127. The molecule has 3 rings (SSSR count). The minimum atomic E-state index is -0.530. The lowest BCUT2D eigenvalue weighted by Gasteiger charge is -2.35. The molecule has 0 spiro atoms. The summed E-state index contributed by atoms with van der Waals surface area (Å²) in [6.45, 7) is 5.17. The van der Waals surface area contributed by atoms with Crippen molar-refractivity contribution >= 4 is 11.6 Å². The van der Waals surface area contributed by atoms with Gasteiger partial charge in [-0.2, -0.15) is 0 Å². The van der Waals surface area contributed by atoms with Gasteiger partial charge in [0.15, 0.2) is 6.10 Å². The van der Waals surface area contributed by atoms with Crippen LogP contribution in [0.25, 0.3) is 0 Å². The van der Waals surface area contributed by atoms with Crippen LogP contribution in [-0.2, 0) is 11.3 Å². The molecule has 0 aliphatic carbocycles. The SMILES string of the molecule is CNC(=O)[C@H]1CN(Cc2ccccc2OC(C)C)c2ccccc2O1. The molecule has 0 aromatic heterocycles. The summed E-state index contributed by atoms with van der Waals surface area (Å²) in [7, 11) is 1.63. The van der Waals surface area contributed by atoms with Gasteiger partial charge in [0.05, 0.1) is 18.3 Å². The number of carbonyl (C=O) groups is 1. The molecule has 5 heteroatoms. The van der Waals surface area contributed by atoms with Gasteiger partial charge in [-0.05, 0) is 32.0 Å². The van der Waals surface area contributed by atoms with E-state index in [-0.39, 0.29) is 12.0 Å². The van der Waals surface area contributed by atoms with Gasteiger partial charge in [0.25, 0.3) is 5.91 Å². The second-order valence-corrected chi connectivity index (χ2v) is 6.34. The van der Waals surface area contributed by atoms with Crippen LogP contribution in [-0.4, -0.2) is 31.7 Å². The maximum atomic E-state index is 12.1. The van der Waals surface area contributed by atoms with E-state index >= 15 is 0 Å². The third kappa shape index (κ3) is 3.87. The van der Waals surface area contributed by atoms with Crippen molar-refractivity contribution in [1.82, 2.24) is 5.32 Å². The molecule has 0 bridgehead atoms. The summed E-state index contributed by atoms with van der Waals surface area (Å²) in [5, 5.41) is 2.67. The third-order valence-electron chi connectivity index (χ3n) is 4.10. The molecule has 1 heterocycles. The number of ether oxygens (including phenoxy) is 2. The molecule has 1 aliphatic heterocycles. The van der Waals surface area contributed by atoms with Crippen LogP contribution in [0.4, 0.5) is 5.69 Å². The standard InChI is InChI=1S/C20H24N2O3/c1-14(2)24-17-10-6-4-8-15(17)12-22-13-19(20(23)21-3)25-18-11-7-5-9-16(18)22/h4-11,14,19H,12-13H2,1-3H3,(H,21,23)/t19-/m1/s1. The van der Waals surface area contributed by atoms with E-state index < -0.39 is 6.10 Å². The molecule has 5 nitrogen and oxygen atoms in total. The average Bonchev–Trinajstić information content (AvgIpc) is 2.62. The van der Waals surface area contributed by atoms with E-state index in [0.29, 0.717) is 13.1 Å². The number of amides is 1. The van der Waals surface area contributed by atoms with Crippen molar-refractivity contribution in [3.63, 3.8) is 0 Å². The van der Waals surface area contributed by atoms with Crippen LogP contribution < -0.4 is 19.7 Å². The van der Waals surface area contributed by atoms with Crippen molar-refractivity contribution in [2.45, 2.75) is 32.6 Å². The zero-order valence-electron chi connectivity index (χ0n) is 14.9. The van der Waals surface area contributed by atoms with Gasteiger partial charge in [-0.15, -0.1) is 0 Å². The fourth-order valence-electron chi connectivity index (χ4n) is 2.96. The predicted octanol–water partition coefficient (Wildman–Crippen LogP) is 2.99. The van der Waals surface area contributed by atoms with Crippen molar-refractivity contribution in [1.29, 1.82) is 0 Å². The topological polar surface area (TPSA) is 50.8 Å². The molecule has 1 atom stereocenters. The molecule has 132 valence electrons. The lowest BCUT2D eigenvalue weighted by Crippen LogP contribution is -2.48. The number of carbonyl (C=O) groups excluding carboxylic acids is 1. The van der Waals surface area contributed by atoms with Crippen LogP contribution in [0.5, 0.6) is 11.5 Å². The Balaban J connectivity index is 1.90. The molecule has 2 aromatic rings. The van der Waals surface area contributed by atoms with Crippen LogP contribution in [0.1, 0.15) is 19.4 Å². The number of para-hydroxylation sites is 3. The average molecular weight is 340 g/mol. The second-order valence-electron chi connectivity index (χ2n) is 6.34. The van der Waals surface area contributed by atoms with Gasteiger partial charge in [0.1, 0.15) is 11.5 Å². The van der Waals surface area contributed by atoms with Gasteiger partial charge in [0.2, 0.25) is 0 Å². The number of benzene rings is 2. The summed E-state index contributed by atoms with van der Waals surface area (Å²) in [6.07, 6.45) is -0.421. The second kappa shape index (κ2) is 7.47. The number of hydrogen-bond donors (Lipinski definition) is 1. The minimum Gasteiger partial charge on any atom is -0.491 e. The lowest BCUT2D eigenvalue weighted by atomic mass is 10.1. The molecule has 25 heavy (non-hydrogen) atoms. The van der Waals surface area contributed by atoms with E-state index in [4.69, 9.17) is 9.47 Å². The van der Waals surface area contributed by atoms with Gasteiger partial charge in [-0.3, -0.25) is 4.79 Å². The van der Waals surface area contributed by atoms with E-state index in [1.807, 2.05) is 56.3 Å². The number of anilines is 1. The molecular formula is C20H24N2O3. The van der Waals surface area contributed by atoms with Crippen molar-refractivity contribution in [3.8, 4) is 11.5 Å². The molecule has 0 fully saturated rings. The highest BCUT2D eigenvalue weighted by Gasteiger charge is 2.30. The highest BCUT2D eigenvalue weighted by atomic mass is 16.5. The number of hydrogen-bond acceptors (Lipinski definition) is 4. The van der Waals surface area contributed by atoms with Crippen LogP contribution in [0.3, 0.4) is 0 Å². The summed E-state index contributed by atoms with van der Waals surface area (Å²) in [5.74, 6) is 1.48. The first-order valence-corrected chi connectivity index (χ1v) is 8.55. The summed E-state index contributed by atoms with van der Waals surface area (Å²) in [4.78, 5) is 14.3. The smallest absolute Gasteiger partial charge is 0.262 e. The van der Waals surface area contributed by atoms with Crippen LogP contribution in [0, 0.1) is 0 Å². The van der Waals surface area contributed by atoms with E-state index in [1.165, 1.54) is 0 Å². The van der Waals surface area contributed by atoms with Gasteiger partial charge in [0, 0.05) is 19.2 Å². The number of rotatable bonds is 5. The Kier molecular flexibility index (Phi) is 5.12. The Labute approximate surface area is 148 Å². The van der Waals surface area contributed by atoms with Gasteiger partial charge in [-0.1, -0.05) is 30.3 Å². The molecule has 0 saturated carbocycles. The Hall–Kier alpha value is -2.69. The Morgan fingerprint density at radius 1 is 1.24 bits per heavy atom. The van der Waals surface area contributed by atoms with Crippen molar-refractivity contribution in [2.75, 3.05) is 18.5 Å². The zero-order chi connectivity index (χ0) is 17.8. The maximum absolute atomic E-state index is 12.1. The largest absolute Gasteiger partial charge is 0.491 e. The molecule has 1 amide bonds. The summed E-state index contributed by atoms with van der Waals surface area (Å²) >= 11 is 0. The first-order valence-electron chi connectivity index (χ1n) is 8.55. The molecule has 1 aliphatic rings. The maximum Gasteiger partial charge on any atom is 0.262 e. The van der Waals surface area contributed by atoms with Gasteiger partial charge >= 0.3 is 0 Å². The van der Waals surface area contributed by atoms with E-state index in [9.17, 15) is 4.79 Å². The summed E-state index contributed by atoms with van der Waals surface area (Å²) < 4.78 is 11.8. The predicted molar refractivity (Wildman–Crippen MR) is 98.2 cm³/mol. The molecule has 0 saturated heterocycles. The molecule has 1 N–H and O–H groups in total. The first-order chi connectivity index (χ1) is 12.1. The van der Waals surface area contributed by atoms with Crippen LogP contribution >= 0.6 is 0 Å². The van der Waals surface area contributed by atoms with E-state index in [1.54, 1.807) is 7.05 Å². The molecule has 0 radical (unpaired) electrons. The number of nitrogens with zero attached hydrogens (tertiary/aromatic N) is 1. The fourth-order valence-corrected chi connectivity index (χ4v) is 2.96. The highest BCUT2D eigenvalue weighted by molar-refractivity contribution is 5.83. The van der Waals surface area contributed by atoms with Crippen molar-refractivity contribution in [2.24, 2.45) is 0 Å². The fraction of sp³-hybridized carbons (Fsp3) is 0.350. The Morgan fingerprint density at radius 2 is 1.96 bits per heavy atom. The third-order valence-corrected chi connectivity index (χ3v) is 4.10. The Bertz CT molecular complexity index is 745. The number of nitrogens with one attached hydrogen (secondary N) is 1. The summed E-state index contributed by atoms with van der Waals surface area (Å²) in [5.41, 5.74) is 2.07. The van der Waals surface area contributed by atoms with Crippen LogP contribution in [0.15, 0.2) is 48.5 Å². The van der Waals surface area contributed by atoms with Crippen molar-refractivity contribution in [3.05, 3.63) is 54.1 Å². The number of fused-ring (bicyclic) bond motifs is 1. The monoisotopic (exact) mass is 340 g/mol.